The van der Waals surface area contributed by atoms with Crippen LogP contribution in [0.5, 0.6) is 5.75 Å². The number of sulfonamides is 1. The largest absolute Gasteiger partial charge is 0.486 e. The van der Waals surface area contributed by atoms with Crippen LogP contribution in [0.1, 0.15) is 57.5 Å². The molecule has 2 heterocycles. The third kappa shape index (κ3) is 4.54. The summed E-state index contributed by atoms with van der Waals surface area (Å²) in [6.07, 6.45) is 5.82. The van der Waals surface area contributed by atoms with Crippen LogP contribution in [0.3, 0.4) is 0 Å². The van der Waals surface area contributed by atoms with Crippen molar-refractivity contribution < 1.29 is 22.7 Å². The number of Topliss-reactive ketones (excluding diaryl/α,β-unsaturated/α-hetero) is 1. The summed E-state index contributed by atoms with van der Waals surface area (Å²) in [5.74, 6) is 0.127. The first-order valence-corrected chi connectivity index (χ1v) is 13.5. The van der Waals surface area contributed by atoms with Crippen LogP contribution in [0.2, 0.25) is 0 Å². The number of ketones is 1. The van der Waals surface area contributed by atoms with E-state index in [2.05, 4.69) is 9.62 Å². The Hall–Kier alpha value is -2.91. The van der Waals surface area contributed by atoms with Crippen LogP contribution in [-0.2, 0) is 22.9 Å². The second kappa shape index (κ2) is 8.39. The lowest BCUT2D eigenvalue weighted by Gasteiger charge is -2.46. The second-order valence-electron chi connectivity index (χ2n) is 9.75. The fourth-order valence-electron chi connectivity index (χ4n) is 5.55. The van der Waals surface area contributed by atoms with Gasteiger partial charge >= 0.3 is 0 Å². The van der Waals surface area contributed by atoms with Gasteiger partial charge in [0, 0.05) is 43.2 Å². The van der Waals surface area contributed by atoms with Gasteiger partial charge in [0.1, 0.15) is 11.4 Å². The quantitative estimate of drug-likeness (QED) is 0.690. The topological polar surface area (TPSA) is 119 Å². The number of nitrogens with zero attached hydrogens (tertiary/aromatic N) is 1. The van der Waals surface area contributed by atoms with Crippen molar-refractivity contribution in [1.82, 2.24) is 4.90 Å². The number of hydrogen-bond acceptors (Lipinski definition) is 6. The van der Waals surface area contributed by atoms with Gasteiger partial charge in [0.2, 0.25) is 15.9 Å². The molecule has 1 saturated heterocycles. The Morgan fingerprint density at radius 3 is 2.62 bits per heavy atom. The molecule has 0 radical (unpaired) electrons. The van der Waals surface area contributed by atoms with E-state index in [4.69, 9.17) is 10.5 Å². The van der Waals surface area contributed by atoms with E-state index in [1.165, 1.54) is 11.1 Å². The first kappa shape index (κ1) is 22.9. The van der Waals surface area contributed by atoms with Crippen LogP contribution in [-0.4, -0.2) is 56.0 Å². The zero-order valence-electron chi connectivity index (χ0n) is 19.2. The number of hydrogen-bond donors (Lipinski definition) is 2. The van der Waals surface area contributed by atoms with Gasteiger partial charge in [-0.25, -0.2) is 8.42 Å². The lowest BCUT2D eigenvalue weighted by molar-refractivity contribution is -0.0200. The number of primary amides is 1. The average Bonchev–Trinajstić information content (AvgIpc) is 2.78. The first-order valence-electron chi connectivity index (χ1n) is 11.6. The Morgan fingerprint density at radius 1 is 1.15 bits per heavy atom. The summed E-state index contributed by atoms with van der Waals surface area (Å²) in [7, 11) is -3.42. The van der Waals surface area contributed by atoms with Crippen molar-refractivity contribution in [2.24, 2.45) is 5.73 Å². The normalized spacial score (nSPS) is 21.9. The predicted octanol–water partition coefficient (Wildman–Crippen LogP) is 2.51. The summed E-state index contributed by atoms with van der Waals surface area (Å²) in [5, 5.41) is 0. The maximum absolute atomic E-state index is 13.0. The molecule has 34 heavy (non-hydrogen) atoms. The molecule has 1 spiro atoms. The predicted molar refractivity (Wildman–Crippen MR) is 129 cm³/mol. The van der Waals surface area contributed by atoms with Crippen LogP contribution < -0.4 is 15.2 Å². The van der Waals surface area contributed by atoms with Gasteiger partial charge in [0.25, 0.3) is 0 Å². The number of likely N-dealkylation sites (tertiary alicyclic amines) is 1. The molecule has 180 valence electrons. The summed E-state index contributed by atoms with van der Waals surface area (Å²) in [6.45, 7) is 1.71. The van der Waals surface area contributed by atoms with Crippen molar-refractivity contribution in [2.75, 3.05) is 24.1 Å². The zero-order chi connectivity index (χ0) is 24.1. The molecule has 1 atom stereocenters. The number of anilines is 1. The van der Waals surface area contributed by atoms with E-state index in [1.54, 1.807) is 18.2 Å². The Balaban J connectivity index is 1.25. The highest BCUT2D eigenvalue weighted by Gasteiger charge is 2.44. The maximum atomic E-state index is 13.0. The minimum Gasteiger partial charge on any atom is -0.486 e. The van der Waals surface area contributed by atoms with E-state index in [0.717, 1.165) is 51.4 Å². The number of ether oxygens (including phenoxy) is 1. The molecule has 0 unspecified atom stereocenters. The summed E-state index contributed by atoms with van der Waals surface area (Å²) < 4.78 is 31.8. The second-order valence-corrected chi connectivity index (χ2v) is 11.5. The highest BCUT2D eigenvalue weighted by Crippen LogP contribution is 2.41. The Labute approximate surface area is 199 Å². The minimum atomic E-state index is -3.42. The number of nitrogens with one attached hydrogen (secondary N) is 1. The summed E-state index contributed by atoms with van der Waals surface area (Å²) in [4.78, 5) is 26.9. The van der Waals surface area contributed by atoms with Crippen LogP contribution in [0.4, 0.5) is 5.69 Å². The number of piperidine rings is 1. The van der Waals surface area contributed by atoms with Crippen molar-refractivity contribution in [3.05, 3.63) is 58.7 Å². The number of amides is 1. The van der Waals surface area contributed by atoms with Gasteiger partial charge in [-0.2, -0.15) is 0 Å². The Kier molecular flexibility index (Phi) is 5.64. The lowest BCUT2D eigenvalue weighted by Crippen LogP contribution is -2.54. The molecular weight excluding hydrogens is 454 g/mol. The number of rotatable bonds is 4. The van der Waals surface area contributed by atoms with Gasteiger partial charge in [-0.05, 0) is 60.7 Å². The molecule has 3 aliphatic rings. The summed E-state index contributed by atoms with van der Waals surface area (Å²) >= 11 is 0. The molecule has 3 N–H and O–H groups in total. The van der Waals surface area contributed by atoms with Crippen molar-refractivity contribution in [1.29, 1.82) is 0 Å². The fourth-order valence-corrected chi connectivity index (χ4v) is 6.10. The van der Waals surface area contributed by atoms with Crippen LogP contribution in [0.25, 0.3) is 0 Å². The number of benzene rings is 2. The van der Waals surface area contributed by atoms with E-state index >= 15 is 0 Å². The maximum Gasteiger partial charge on any atom is 0.248 e. The van der Waals surface area contributed by atoms with Crippen molar-refractivity contribution in [2.45, 2.75) is 50.2 Å². The molecule has 2 aliphatic heterocycles. The summed E-state index contributed by atoms with van der Waals surface area (Å²) in [5.41, 5.74) is 8.77. The van der Waals surface area contributed by atoms with Gasteiger partial charge in [0.15, 0.2) is 5.78 Å². The van der Waals surface area contributed by atoms with E-state index in [9.17, 15) is 18.0 Å². The number of fused-ring (bicyclic) bond motifs is 2. The van der Waals surface area contributed by atoms with Gasteiger partial charge in [0.05, 0.1) is 18.2 Å². The van der Waals surface area contributed by atoms with Crippen molar-refractivity contribution >= 4 is 27.4 Å². The number of aryl methyl sites for hydroxylation is 1. The molecule has 1 fully saturated rings. The van der Waals surface area contributed by atoms with E-state index < -0.39 is 21.5 Å². The van der Waals surface area contributed by atoms with Gasteiger partial charge in [-0.3, -0.25) is 19.2 Å². The SMILES string of the molecule is CS(=O)(=O)Nc1ccc2c(c1)C(=O)CC1(CCN([C@@H]3CCc4cc(C(N)=O)ccc4C3)CC1)O2. The highest BCUT2D eigenvalue weighted by atomic mass is 32.2. The average molecular weight is 484 g/mol. The standard InChI is InChI=1S/C25H29N3O5S/c1-34(31,32)27-19-5-7-23-21(14-19)22(29)15-25(33-23)8-10-28(11-9-25)20-6-4-16-12-18(24(26)30)3-2-17(16)13-20/h2-3,5,7,12,14,20,27H,4,6,8-11,13,15H2,1H3,(H2,26,30)/t20-/m1/s1. The van der Waals surface area contributed by atoms with E-state index in [-0.39, 0.29) is 5.78 Å². The molecule has 1 aliphatic carbocycles. The van der Waals surface area contributed by atoms with Crippen LogP contribution in [0, 0.1) is 0 Å². The third-order valence-electron chi connectivity index (χ3n) is 7.31. The van der Waals surface area contributed by atoms with E-state index in [1.807, 2.05) is 18.2 Å². The lowest BCUT2D eigenvalue weighted by atomic mass is 9.80. The Morgan fingerprint density at radius 2 is 1.91 bits per heavy atom. The van der Waals surface area contributed by atoms with Crippen LogP contribution >= 0.6 is 0 Å². The molecule has 9 heteroatoms. The first-order chi connectivity index (χ1) is 16.1. The highest BCUT2D eigenvalue weighted by molar-refractivity contribution is 7.92. The zero-order valence-corrected chi connectivity index (χ0v) is 20.0. The van der Waals surface area contributed by atoms with Gasteiger partial charge < -0.3 is 10.5 Å². The number of carbonyl (C=O) groups excluding carboxylic acids is 2. The number of nitrogens with two attached hydrogens (primary N) is 1. The molecule has 0 bridgehead atoms. The molecule has 5 rings (SSSR count). The van der Waals surface area contributed by atoms with Crippen LogP contribution in [0.15, 0.2) is 36.4 Å². The van der Waals surface area contributed by atoms with Crippen molar-refractivity contribution in [3.8, 4) is 5.75 Å². The third-order valence-corrected chi connectivity index (χ3v) is 7.92. The van der Waals surface area contributed by atoms with Crippen molar-refractivity contribution in [3.63, 3.8) is 0 Å². The Bertz CT molecular complexity index is 1270. The molecule has 8 nitrogen and oxygen atoms in total. The van der Waals surface area contributed by atoms with Gasteiger partial charge in [-0.1, -0.05) is 6.07 Å². The molecule has 1 amide bonds. The molecule has 2 aromatic carbocycles. The summed E-state index contributed by atoms with van der Waals surface area (Å²) in [6, 6.07) is 11.1. The molecule has 0 saturated carbocycles. The monoisotopic (exact) mass is 483 g/mol. The minimum absolute atomic E-state index is 0.0105. The van der Waals surface area contributed by atoms with Gasteiger partial charge in [-0.15, -0.1) is 0 Å². The fraction of sp³-hybridized carbons (Fsp3) is 0.440. The molecule has 0 aromatic heterocycles. The molecular formula is C25H29N3O5S. The number of carbonyl (C=O) groups is 2. The molecule has 2 aromatic rings. The smallest absolute Gasteiger partial charge is 0.248 e. The van der Waals surface area contributed by atoms with E-state index in [0.29, 0.717) is 35.0 Å².